The van der Waals surface area contributed by atoms with E-state index in [2.05, 4.69) is 0 Å². The highest BCUT2D eigenvalue weighted by Gasteiger charge is 2.32. The average Bonchev–Trinajstić information content (AvgIpc) is 1.94. The van der Waals surface area contributed by atoms with Crippen LogP contribution in [0, 0.1) is 5.92 Å². The molecule has 14 heavy (non-hydrogen) atoms. The number of aliphatic hydroxyl groups excluding tert-OH is 1. The molecule has 0 bridgehead atoms. The molecule has 2 nitrogen and oxygen atoms in total. The molecule has 0 aromatic rings. The maximum absolute atomic E-state index is 12.1. The lowest BCUT2D eigenvalue weighted by atomic mass is 9.85. The van der Waals surface area contributed by atoms with Crippen molar-refractivity contribution in [3.05, 3.63) is 0 Å². The van der Waals surface area contributed by atoms with E-state index in [1.807, 2.05) is 0 Å². The summed E-state index contributed by atoms with van der Waals surface area (Å²) in [6.07, 6.45) is -0.970. The molecule has 1 aliphatic carbocycles. The highest BCUT2D eigenvalue weighted by atomic mass is 19.4. The lowest BCUT2D eigenvalue weighted by molar-refractivity contribution is -0.148. The average molecular weight is 211 g/mol. The van der Waals surface area contributed by atoms with Crippen LogP contribution in [0.2, 0.25) is 0 Å². The van der Waals surface area contributed by atoms with Crippen LogP contribution >= 0.6 is 0 Å². The van der Waals surface area contributed by atoms with E-state index < -0.39 is 12.7 Å². The van der Waals surface area contributed by atoms with Crippen LogP contribution in [0.1, 0.15) is 19.3 Å². The predicted molar refractivity (Wildman–Crippen MR) is 46.9 cm³/mol. The summed E-state index contributed by atoms with van der Waals surface area (Å²) in [4.78, 5) is 1.30. The number of aliphatic hydroxyl groups is 1. The van der Waals surface area contributed by atoms with E-state index in [4.69, 9.17) is 5.11 Å². The summed E-state index contributed by atoms with van der Waals surface area (Å²) < 4.78 is 36.2. The van der Waals surface area contributed by atoms with Gasteiger partial charge in [-0.1, -0.05) is 6.42 Å². The van der Waals surface area contributed by atoms with Gasteiger partial charge in [0, 0.05) is 13.1 Å². The molecule has 1 rings (SSSR count). The second-order valence-corrected chi connectivity index (χ2v) is 3.87. The van der Waals surface area contributed by atoms with Crippen molar-refractivity contribution in [3.63, 3.8) is 0 Å². The van der Waals surface area contributed by atoms with Gasteiger partial charge in [0.15, 0.2) is 0 Å². The summed E-state index contributed by atoms with van der Waals surface area (Å²) >= 11 is 0. The maximum Gasteiger partial charge on any atom is 0.401 e. The molecular weight excluding hydrogens is 195 g/mol. The van der Waals surface area contributed by atoms with Gasteiger partial charge < -0.3 is 5.11 Å². The zero-order chi connectivity index (χ0) is 10.6. The van der Waals surface area contributed by atoms with Crippen LogP contribution in [-0.2, 0) is 0 Å². The van der Waals surface area contributed by atoms with Crippen LogP contribution < -0.4 is 0 Å². The van der Waals surface area contributed by atoms with Gasteiger partial charge >= 0.3 is 6.18 Å². The minimum absolute atomic E-state index is 0.121. The molecule has 5 heteroatoms. The standard InChI is InChI=1S/C9H16F3NO/c10-9(11,12)7-13(4-5-14)6-8-2-1-3-8/h8,14H,1-7H2. The van der Waals surface area contributed by atoms with Crippen molar-refractivity contribution in [2.24, 2.45) is 5.92 Å². The largest absolute Gasteiger partial charge is 0.401 e. The van der Waals surface area contributed by atoms with Gasteiger partial charge in [0.25, 0.3) is 0 Å². The first-order valence-electron chi connectivity index (χ1n) is 4.91. The van der Waals surface area contributed by atoms with Gasteiger partial charge in [0.1, 0.15) is 0 Å². The fourth-order valence-corrected chi connectivity index (χ4v) is 1.67. The van der Waals surface area contributed by atoms with Crippen LogP contribution in [0.15, 0.2) is 0 Å². The topological polar surface area (TPSA) is 23.5 Å². The monoisotopic (exact) mass is 211 g/mol. The number of alkyl halides is 3. The Bertz CT molecular complexity index is 168. The molecule has 0 aromatic carbocycles. The summed E-state index contributed by atoms with van der Waals surface area (Å²) in [5, 5.41) is 8.63. The van der Waals surface area contributed by atoms with E-state index in [0.717, 1.165) is 19.3 Å². The molecular formula is C9H16F3NO. The Labute approximate surface area is 81.7 Å². The molecule has 1 N–H and O–H groups in total. The third-order valence-corrected chi connectivity index (χ3v) is 2.56. The zero-order valence-electron chi connectivity index (χ0n) is 8.06. The summed E-state index contributed by atoms with van der Waals surface area (Å²) in [6.45, 7) is -0.511. The molecule has 0 amide bonds. The molecule has 84 valence electrons. The molecule has 0 saturated heterocycles. The van der Waals surface area contributed by atoms with Crippen molar-refractivity contribution >= 4 is 0 Å². The molecule has 0 heterocycles. The van der Waals surface area contributed by atoms with Gasteiger partial charge in [-0.15, -0.1) is 0 Å². The van der Waals surface area contributed by atoms with E-state index in [9.17, 15) is 13.2 Å². The van der Waals surface area contributed by atoms with E-state index >= 15 is 0 Å². The van der Waals surface area contributed by atoms with Gasteiger partial charge in [0.05, 0.1) is 13.2 Å². The van der Waals surface area contributed by atoms with Crippen molar-refractivity contribution in [2.75, 3.05) is 26.2 Å². The van der Waals surface area contributed by atoms with Crippen molar-refractivity contribution in [1.82, 2.24) is 4.90 Å². The number of halogens is 3. The first-order valence-corrected chi connectivity index (χ1v) is 4.91. The Kier molecular flexibility index (Phi) is 4.19. The van der Waals surface area contributed by atoms with Gasteiger partial charge in [-0.25, -0.2) is 0 Å². The highest BCUT2D eigenvalue weighted by Crippen LogP contribution is 2.28. The molecule has 0 unspecified atom stereocenters. The van der Waals surface area contributed by atoms with Gasteiger partial charge in [0.2, 0.25) is 0 Å². The maximum atomic E-state index is 12.1. The third kappa shape index (κ3) is 4.28. The van der Waals surface area contributed by atoms with Crippen molar-refractivity contribution in [1.29, 1.82) is 0 Å². The summed E-state index contributed by atoms with van der Waals surface area (Å²) in [7, 11) is 0. The van der Waals surface area contributed by atoms with E-state index in [0.29, 0.717) is 12.5 Å². The van der Waals surface area contributed by atoms with Crippen molar-refractivity contribution in [3.8, 4) is 0 Å². The molecule has 0 aromatic heterocycles. The van der Waals surface area contributed by atoms with Crippen molar-refractivity contribution in [2.45, 2.75) is 25.4 Å². The van der Waals surface area contributed by atoms with Crippen LogP contribution in [0.5, 0.6) is 0 Å². The van der Waals surface area contributed by atoms with E-state index in [1.54, 1.807) is 0 Å². The van der Waals surface area contributed by atoms with Crippen LogP contribution in [0.3, 0.4) is 0 Å². The normalized spacial score (nSPS) is 18.6. The molecule has 1 aliphatic rings. The minimum Gasteiger partial charge on any atom is -0.395 e. The van der Waals surface area contributed by atoms with Gasteiger partial charge in [-0.05, 0) is 18.8 Å². The van der Waals surface area contributed by atoms with E-state index in [1.165, 1.54) is 4.90 Å². The number of hydrogen-bond donors (Lipinski definition) is 1. The van der Waals surface area contributed by atoms with Crippen LogP contribution in [0.4, 0.5) is 13.2 Å². The quantitative estimate of drug-likeness (QED) is 0.747. The van der Waals surface area contributed by atoms with E-state index in [-0.39, 0.29) is 13.2 Å². The Morgan fingerprint density at radius 2 is 1.93 bits per heavy atom. The Balaban J connectivity index is 2.29. The lowest BCUT2D eigenvalue weighted by Crippen LogP contribution is -2.40. The Hall–Kier alpha value is -0.290. The SMILES string of the molecule is OCCN(CC1CCC1)CC(F)(F)F. The molecule has 0 aliphatic heterocycles. The molecule has 0 atom stereocenters. The Morgan fingerprint density at radius 1 is 1.29 bits per heavy atom. The zero-order valence-corrected chi connectivity index (χ0v) is 8.06. The lowest BCUT2D eigenvalue weighted by Gasteiger charge is -2.32. The van der Waals surface area contributed by atoms with Crippen molar-refractivity contribution < 1.29 is 18.3 Å². The summed E-state index contributed by atoms with van der Waals surface area (Å²) in [5.41, 5.74) is 0. The van der Waals surface area contributed by atoms with Crippen LogP contribution in [0.25, 0.3) is 0 Å². The molecule has 1 fully saturated rings. The number of nitrogens with zero attached hydrogens (tertiary/aromatic N) is 1. The third-order valence-electron chi connectivity index (χ3n) is 2.56. The Morgan fingerprint density at radius 3 is 2.29 bits per heavy atom. The highest BCUT2D eigenvalue weighted by molar-refractivity contribution is 4.75. The minimum atomic E-state index is -4.15. The van der Waals surface area contributed by atoms with Gasteiger partial charge in [-0.2, -0.15) is 13.2 Å². The molecule has 1 saturated carbocycles. The second kappa shape index (κ2) is 4.98. The number of rotatable bonds is 5. The second-order valence-electron chi connectivity index (χ2n) is 3.87. The summed E-state index contributed by atoms with van der Waals surface area (Å²) in [6, 6.07) is 0. The molecule has 0 spiro atoms. The van der Waals surface area contributed by atoms with Gasteiger partial charge in [-0.3, -0.25) is 4.90 Å². The van der Waals surface area contributed by atoms with Crippen LogP contribution in [-0.4, -0.2) is 42.4 Å². The fourth-order valence-electron chi connectivity index (χ4n) is 1.67. The smallest absolute Gasteiger partial charge is 0.395 e. The fraction of sp³-hybridized carbons (Fsp3) is 1.00. The first kappa shape index (κ1) is 11.8. The number of hydrogen-bond acceptors (Lipinski definition) is 2. The first-order chi connectivity index (χ1) is 6.51. The molecule has 0 radical (unpaired) electrons. The summed E-state index contributed by atoms with van der Waals surface area (Å²) in [5.74, 6) is 0.406. The predicted octanol–water partition coefficient (Wildman–Crippen LogP) is 1.64.